The van der Waals surface area contributed by atoms with Crippen molar-refractivity contribution in [2.24, 2.45) is 0 Å². The smallest absolute Gasteiger partial charge is 0.259 e. The van der Waals surface area contributed by atoms with Crippen LogP contribution in [0.15, 0.2) is 66.1 Å². The van der Waals surface area contributed by atoms with Gasteiger partial charge in [0.25, 0.3) is 5.56 Å². The predicted octanol–water partition coefficient (Wildman–Crippen LogP) is 3.94. The van der Waals surface area contributed by atoms with Crippen molar-refractivity contribution in [2.75, 3.05) is 38.2 Å². The molecule has 1 saturated heterocycles. The number of hydrogen-bond acceptors (Lipinski definition) is 8. The summed E-state index contributed by atoms with van der Waals surface area (Å²) < 4.78 is 7.43. The summed E-state index contributed by atoms with van der Waals surface area (Å²) in [6, 6.07) is 9.89. The molecule has 39 heavy (non-hydrogen) atoms. The number of H-pyrrole nitrogens is 1. The first-order chi connectivity index (χ1) is 19.0. The number of aromatic nitrogens is 6. The Morgan fingerprint density at radius 1 is 1.00 bits per heavy atom. The molecule has 0 bridgehead atoms. The van der Waals surface area contributed by atoms with Gasteiger partial charge in [-0.25, -0.2) is 15.0 Å². The highest BCUT2D eigenvalue weighted by molar-refractivity contribution is 5.95. The summed E-state index contributed by atoms with van der Waals surface area (Å²) >= 11 is 0. The number of morpholine rings is 1. The Morgan fingerprint density at radius 3 is 2.62 bits per heavy atom. The Labute approximate surface area is 225 Å². The molecule has 198 valence electrons. The summed E-state index contributed by atoms with van der Waals surface area (Å²) in [5.41, 5.74) is 5.38. The second kappa shape index (κ2) is 10.8. The maximum Gasteiger partial charge on any atom is 0.259 e. The lowest BCUT2D eigenvalue weighted by Gasteiger charge is -2.26. The third-order valence-electron chi connectivity index (χ3n) is 7.01. The van der Waals surface area contributed by atoms with Gasteiger partial charge in [-0.3, -0.25) is 14.4 Å². The first-order valence-corrected chi connectivity index (χ1v) is 13.1. The molecule has 5 heterocycles. The molecule has 1 aromatic carbocycles. The first kappa shape index (κ1) is 24.9. The van der Waals surface area contributed by atoms with Crippen LogP contribution in [0.5, 0.6) is 0 Å². The summed E-state index contributed by atoms with van der Waals surface area (Å²) in [5.74, 6) is 1.17. The molecule has 0 radical (unpaired) electrons. The van der Waals surface area contributed by atoms with E-state index < -0.39 is 0 Å². The Bertz CT molecular complexity index is 1670. The molecule has 1 aliphatic heterocycles. The molecule has 0 saturated carbocycles. The van der Waals surface area contributed by atoms with E-state index in [1.165, 1.54) is 0 Å². The van der Waals surface area contributed by atoms with Gasteiger partial charge in [0.05, 0.1) is 37.0 Å². The van der Waals surface area contributed by atoms with Crippen molar-refractivity contribution in [1.82, 2.24) is 34.6 Å². The fourth-order valence-corrected chi connectivity index (χ4v) is 4.87. The zero-order valence-electron chi connectivity index (χ0n) is 22.0. The number of rotatable bonds is 7. The van der Waals surface area contributed by atoms with Crippen LogP contribution in [0.2, 0.25) is 0 Å². The highest BCUT2D eigenvalue weighted by Gasteiger charge is 2.14. The Kier molecular flexibility index (Phi) is 6.87. The largest absolute Gasteiger partial charge is 0.379 e. The van der Waals surface area contributed by atoms with E-state index in [1.54, 1.807) is 18.6 Å². The van der Waals surface area contributed by atoms with E-state index in [2.05, 4.69) is 55.5 Å². The van der Waals surface area contributed by atoms with Crippen molar-refractivity contribution < 1.29 is 4.74 Å². The van der Waals surface area contributed by atoms with Crippen LogP contribution in [-0.4, -0.2) is 67.5 Å². The van der Waals surface area contributed by atoms with Crippen molar-refractivity contribution >= 4 is 22.3 Å². The molecule has 6 rings (SSSR count). The van der Waals surface area contributed by atoms with Gasteiger partial charge in [-0.05, 0) is 54.6 Å². The topological polar surface area (TPSA) is 114 Å². The molecule has 0 amide bonds. The average molecular weight is 523 g/mol. The highest BCUT2D eigenvalue weighted by atomic mass is 16.5. The molecule has 4 aromatic heterocycles. The molecule has 0 aliphatic carbocycles. The third kappa shape index (κ3) is 5.43. The quantitative estimate of drug-likeness (QED) is 0.331. The van der Waals surface area contributed by atoms with E-state index in [4.69, 9.17) is 9.72 Å². The molecule has 0 atom stereocenters. The zero-order valence-corrected chi connectivity index (χ0v) is 22.0. The Balaban J connectivity index is 1.26. The van der Waals surface area contributed by atoms with Crippen molar-refractivity contribution in [2.45, 2.75) is 20.4 Å². The van der Waals surface area contributed by atoms with E-state index in [-0.39, 0.29) is 5.56 Å². The van der Waals surface area contributed by atoms with Crippen molar-refractivity contribution in [3.8, 4) is 22.4 Å². The minimum absolute atomic E-state index is 0.202. The van der Waals surface area contributed by atoms with Crippen LogP contribution in [0, 0.1) is 13.8 Å². The van der Waals surface area contributed by atoms with Gasteiger partial charge < -0.3 is 15.0 Å². The number of pyridine rings is 2. The number of nitrogens with one attached hydrogen (secondary N) is 2. The lowest BCUT2D eigenvalue weighted by atomic mass is 10.0. The molecule has 1 aliphatic rings. The number of aromatic amines is 1. The number of nitrogens with zero attached hydrogens (tertiary/aromatic N) is 6. The van der Waals surface area contributed by atoms with Crippen LogP contribution >= 0.6 is 0 Å². The standard InChI is InChI=1S/C29H30N8O2/c1-19-13-24(3-4-25(19)23-17-33-37(18-23)8-7-36-9-11-39-12-10-36)34-28-27-21(5-6-30-29(27)38)14-26(35-28)22-15-31-20(2)32-16-22/h3-6,13-18H,7-12H2,1-2H3,(H,30,38)(H,34,35). The monoisotopic (exact) mass is 522 g/mol. The van der Waals surface area contributed by atoms with Crippen molar-refractivity contribution in [3.63, 3.8) is 0 Å². The summed E-state index contributed by atoms with van der Waals surface area (Å²) in [4.78, 5) is 31.3. The lowest BCUT2D eigenvalue weighted by Crippen LogP contribution is -2.38. The van der Waals surface area contributed by atoms with Crippen LogP contribution in [-0.2, 0) is 11.3 Å². The molecule has 1 fully saturated rings. The zero-order chi connectivity index (χ0) is 26.8. The summed E-state index contributed by atoms with van der Waals surface area (Å²) in [6.07, 6.45) is 9.14. The van der Waals surface area contributed by atoms with Crippen LogP contribution in [0.4, 0.5) is 11.5 Å². The summed E-state index contributed by atoms with van der Waals surface area (Å²) in [7, 11) is 0. The fourth-order valence-electron chi connectivity index (χ4n) is 4.87. The van der Waals surface area contributed by atoms with Crippen LogP contribution in [0.3, 0.4) is 0 Å². The third-order valence-corrected chi connectivity index (χ3v) is 7.01. The number of benzene rings is 1. The van der Waals surface area contributed by atoms with Gasteiger partial charge >= 0.3 is 0 Å². The number of hydrogen-bond donors (Lipinski definition) is 2. The van der Waals surface area contributed by atoms with Gasteiger partial charge in [-0.15, -0.1) is 0 Å². The van der Waals surface area contributed by atoms with Gasteiger partial charge in [0.2, 0.25) is 0 Å². The molecular weight excluding hydrogens is 492 g/mol. The van der Waals surface area contributed by atoms with Crippen molar-refractivity contribution in [1.29, 1.82) is 0 Å². The minimum Gasteiger partial charge on any atom is -0.379 e. The van der Waals surface area contributed by atoms with Gasteiger partial charge in [0.1, 0.15) is 11.6 Å². The highest BCUT2D eigenvalue weighted by Crippen LogP contribution is 2.30. The van der Waals surface area contributed by atoms with Crippen LogP contribution < -0.4 is 10.9 Å². The van der Waals surface area contributed by atoms with E-state index >= 15 is 0 Å². The van der Waals surface area contributed by atoms with Gasteiger partial charge in [0.15, 0.2) is 0 Å². The molecule has 10 nitrogen and oxygen atoms in total. The van der Waals surface area contributed by atoms with Crippen LogP contribution in [0.1, 0.15) is 11.4 Å². The molecule has 5 aromatic rings. The number of anilines is 2. The SMILES string of the molecule is Cc1ncc(-c2cc3cc[nH]c(=O)c3c(Nc3ccc(-c4cnn(CCN5CCOCC5)c4)c(C)c3)n2)cn1. The van der Waals surface area contributed by atoms with E-state index in [1.807, 2.05) is 36.0 Å². The van der Waals surface area contributed by atoms with Crippen LogP contribution in [0.25, 0.3) is 33.2 Å². The normalized spacial score (nSPS) is 14.1. The fraction of sp³-hybridized carbons (Fsp3) is 0.276. The first-order valence-electron chi connectivity index (χ1n) is 13.1. The maximum atomic E-state index is 12.8. The van der Waals surface area contributed by atoms with Gasteiger partial charge in [0, 0.05) is 61.2 Å². The summed E-state index contributed by atoms with van der Waals surface area (Å²) in [5, 5.41) is 9.24. The molecular formula is C29H30N8O2. The van der Waals surface area contributed by atoms with E-state index in [9.17, 15) is 4.79 Å². The lowest BCUT2D eigenvalue weighted by molar-refractivity contribution is 0.0360. The second-order valence-corrected chi connectivity index (χ2v) is 9.75. The average Bonchev–Trinajstić information content (AvgIpc) is 3.41. The van der Waals surface area contributed by atoms with Gasteiger partial charge in [-0.2, -0.15) is 5.10 Å². The molecule has 0 spiro atoms. The Morgan fingerprint density at radius 2 is 1.82 bits per heavy atom. The van der Waals surface area contributed by atoms with E-state index in [0.29, 0.717) is 22.7 Å². The number of aryl methyl sites for hydroxylation is 2. The number of ether oxygens (including phenoxy) is 1. The molecule has 2 N–H and O–H groups in total. The van der Waals surface area contributed by atoms with E-state index in [0.717, 1.165) is 72.7 Å². The molecule has 10 heteroatoms. The maximum absolute atomic E-state index is 12.8. The van der Waals surface area contributed by atoms with Crippen molar-refractivity contribution in [3.05, 3.63) is 83.1 Å². The van der Waals surface area contributed by atoms with Gasteiger partial charge in [-0.1, -0.05) is 6.07 Å². The predicted molar refractivity (Wildman–Crippen MR) is 151 cm³/mol. The minimum atomic E-state index is -0.202. The summed E-state index contributed by atoms with van der Waals surface area (Å²) in [6.45, 7) is 9.26. The molecule has 0 unspecified atom stereocenters. The number of fused-ring (bicyclic) bond motifs is 1. The Hall–Kier alpha value is -4.41. The second-order valence-electron chi connectivity index (χ2n) is 9.75.